The fourth-order valence-electron chi connectivity index (χ4n) is 2.85. The van der Waals surface area contributed by atoms with Gasteiger partial charge in [-0.15, -0.1) is 0 Å². The molecule has 0 radical (unpaired) electrons. The maximum atomic E-state index is 3.66. The topological polar surface area (TPSA) is 15.3 Å². The fraction of sp³-hybridized carbons (Fsp3) is 1.00. The summed E-state index contributed by atoms with van der Waals surface area (Å²) in [5, 5.41) is 3.66. The first-order valence-electron chi connectivity index (χ1n) is 7.66. The summed E-state index contributed by atoms with van der Waals surface area (Å²) < 4.78 is 0. The minimum Gasteiger partial charge on any atom is -0.313 e. The first-order chi connectivity index (χ1) is 8.21. The third kappa shape index (κ3) is 4.97. The SMILES string of the molecule is CCNC(CN1CCC(CC)CC1)C(C)CC. The maximum Gasteiger partial charge on any atom is 0.0220 e. The molecule has 1 aliphatic heterocycles. The van der Waals surface area contributed by atoms with Gasteiger partial charge in [-0.25, -0.2) is 0 Å². The van der Waals surface area contributed by atoms with Gasteiger partial charge in [0.2, 0.25) is 0 Å². The Labute approximate surface area is 108 Å². The number of nitrogens with zero attached hydrogens (tertiary/aromatic N) is 1. The Morgan fingerprint density at radius 2 is 1.82 bits per heavy atom. The normalized spacial score (nSPS) is 22.6. The molecule has 2 unspecified atom stereocenters. The molecular weight excluding hydrogens is 208 g/mol. The zero-order valence-electron chi connectivity index (χ0n) is 12.3. The van der Waals surface area contributed by atoms with Gasteiger partial charge in [0.05, 0.1) is 0 Å². The summed E-state index contributed by atoms with van der Waals surface area (Å²) in [7, 11) is 0. The lowest BCUT2D eigenvalue weighted by atomic mass is 9.93. The molecule has 0 saturated carbocycles. The molecule has 0 aromatic carbocycles. The van der Waals surface area contributed by atoms with E-state index in [-0.39, 0.29) is 0 Å². The van der Waals surface area contributed by atoms with Crippen molar-refractivity contribution in [2.24, 2.45) is 11.8 Å². The summed E-state index contributed by atoms with van der Waals surface area (Å²) in [6.45, 7) is 14.2. The third-order valence-corrected chi connectivity index (χ3v) is 4.54. The number of hydrogen-bond donors (Lipinski definition) is 1. The molecule has 0 bridgehead atoms. The number of piperidine rings is 1. The summed E-state index contributed by atoms with van der Waals surface area (Å²) in [4.78, 5) is 2.67. The molecule has 1 N–H and O–H groups in total. The number of hydrogen-bond acceptors (Lipinski definition) is 2. The third-order valence-electron chi connectivity index (χ3n) is 4.54. The predicted octanol–water partition coefficient (Wildman–Crippen LogP) is 3.13. The molecule has 1 aliphatic rings. The van der Waals surface area contributed by atoms with E-state index in [2.05, 4.69) is 37.9 Å². The molecule has 0 amide bonds. The molecule has 17 heavy (non-hydrogen) atoms. The summed E-state index contributed by atoms with van der Waals surface area (Å²) >= 11 is 0. The Kier molecular flexibility index (Phi) is 7.14. The van der Waals surface area contributed by atoms with Crippen molar-refractivity contribution in [3.8, 4) is 0 Å². The Bertz CT molecular complexity index is 185. The first kappa shape index (κ1) is 15.0. The predicted molar refractivity (Wildman–Crippen MR) is 76.4 cm³/mol. The van der Waals surface area contributed by atoms with Crippen molar-refractivity contribution < 1.29 is 0 Å². The van der Waals surface area contributed by atoms with E-state index in [9.17, 15) is 0 Å². The summed E-state index contributed by atoms with van der Waals surface area (Å²) in [6.07, 6.45) is 5.48. The molecular formula is C15H32N2. The van der Waals surface area contributed by atoms with Gasteiger partial charge in [-0.3, -0.25) is 0 Å². The van der Waals surface area contributed by atoms with Gasteiger partial charge in [0, 0.05) is 12.6 Å². The van der Waals surface area contributed by atoms with Crippen LogP contribution < -0.4 is 5.32 Å². The van der Waals surface area contributed by atoms with Crippen molar-refractivity contribution in [3.63, 3.8) is 0 Å². The average molecular weight is 240 g/mol. The number of rotatable bonds is 7. The van der Waals surface area contributed by atoms with Gasteiger partial charge in [0.25, 0.3) is 0 Å². The van der Waals surface area contributed by atoms with Crippen molar-refractivity contribution in [1.29, 1.82) is 0 Å². The number of likely N-dealkylation sites (N-methyl/N-ethyl adjacent to an activating group) is 1. The van der Waals surface area contributed by atoms with E-state index in [0.29, 0.717) is 6.04 Å². The lowest BCUT2D eigenvalue weighted by Crippen LogP contribution is -2.47. The second-order valence-electron chi connectivity index (χ2n) is 5.70. The zero-order chi connectivity index (χ0) is 12.7. The Hall–Kier alpha value is -0.0800. The van der Waals surface area contributed by atoms with E-state index in [4.69, 9.17) is 0 Å². The molecule has 102 valence electrons. The quantitative estimate of drug-likeness (QED) is 0.735. The largest absolute Gasteiger partial charge is 0.313 e. The number of likely N-dealkylation sites (tertiary alicyclic amines) is 1. The second kappa shape index (κ2) is 8.10. The fourth-order valence-corrected chi connectivity index (χ4v) is 2.85. The molecule has 1 fully saturated rings. The van der Waals surface area contributed by atoms with Gasteiger partial charge in [0.1, 0.15) is 0 Å². The molecule has 0 aromatic rings. The van der Waals surface area contributed by atoms with Crippen molar-refractivity contribution in [1.82, 2.24) is 10.2 Å². The Balaban J connectivity index is 2.35. The van der Waals surface area contributed by atoms with Gasteiger partial charge >= 0.3 is 0 Å². The molecule has 1 heterocycles. The summed E-state index contributed by atoms with van der Waals surface area (Å²) in [5.74, 6) is 1.78. The van der Waals surface area contributed by atoms with E-state index in [0.717, 1.165) is 18.4 Å². The van der Waals surface area contributed by atoms with Crippen LogP contribution in [-0.4, -0.2) is 37.1 Å². The Morgan fingerprint density at radius 3 is 2.29 bits per heavy atom. The molecule has 0 aliphatic carbocycles. The minimum atomic E-state index is 0.683. The van der Waals surface area contributed by atoms with Crippen LogP contribution in [0, 0.1) is 11.8 Å². The van der Waals surface area contributed by atoms with Crippen LogP contribution in [0.1, 0.15) is 53.4 Å². The van der Waals surface area contributed by atoms with Crippen LogP contribution in [0.15, 0.2) is 0 Å². The van der Waals surface area contributed by atoms with Crippen molar-refractivity contribution in [2.75, 3.05) is 26.2 Å². The van der Waals surface area contributed by atoms with Crippen LogP contribution in [0.4, 0.5) is 0 Å². The van der Waals surface area contributed by atoms with E-state index >= 15 is 0 Å². The van der Waals surface area contributed by atoms with E-state index in [1.165, 1.54) is 45.3 Å². The molecule has 1 rings (SSSR count). The number of nitrogens with one attached hydrogen (secondary N) is 1. The highest BCUT2D eigenvalue weighted by Gasteiger charge is 2.22. The maximum absolute atomic E-state index is 3.66. The first-order valence-corrected chi connectivity index (χ1v) is 7.66. The van der Waals surface area contributed by atoms with Crippen LogP contribution in [0.25, 0.3) is 0 Å². The Morgan fingerprint density at radius 1 is 1.18 bits per heavy atom. The molecule has 2 nitrogen and oxygen atoms in total. The van der Waals surface area contributed by atoms with Crippen LogP contribution in [-0.2, 0) is 0 Å². The minimum absolute atomic E-state index is 0.683. The summed E-state index contributed by atoms with van der Waals surface area (Å²) in [5.41, 5.74) is 0. The molecule has 2 atom stereocenters. The highest BCUT2D eigenvalue weighted by atomic mass is 15.2. The van der Waals surface area contributed by atoms with Crippen LogP contribution in [0.2, 0.25) is 0 Å². The van der Waals surface area contributed by atoms with E-state index < -0.39 is 0 Å². The van der Waals surface area contributed by atoms with Crippen molar-refractivity contribution in [2.45, 2.75) is 59.4 Å². The summed E-state index contributed by atoms with van der Waals surface area (Å²) in [6, 6.07) is 0.683. The second-order valence-corrected chi connectivity index (χ2v) is 5.70. The van der Waals surface area contributed by atoms with E-state index in [1.807, 2.05) is 0 Å². The molecule has 1 saturated heterocycles. The van der Waals surface area contributed by atoms with Gasteiger partial charge in [-0.1, -0.05) is 40.5 Å². The van der Waals surface area contributed by atoms with Gasteiger partial charge in [0.15, 0.2) is 0 Å². The lowest BCUT2D eigenvalue weighted by Gasteiger charge is -2.36. The standard InChI is InChI=1S/C15H32N2/c1-5-13(4)15(16-7-3)12-17-10-8-14(6-2)9-11-17/h13-16H,5-12H2,1-4H3. The van der Waals surface area contributed by atoms with Gasteiger partial charge < -0.3 is 10.2 Å². The van der Waals surface area contributed by atoms with Crippen LogP contribution >= 0.6 is 0 Å². The lowest BCUT2D eigenvalue weighted by molar-refractivity contribution is 0.152. The van der Waals surface area contributed by atoms with Crippen molar-refractivity contribution >= 4 is 0 Å². The average Bonchev–Trinajstić information content (AvgIpc) is 2.38. The smallest absolute Gasteiger partial charge is 0.0220 e. The van der Waals surface area contributed by atoms with E-state index in [1.54, 1.807) is 0 Å². The van der Waals surface area contributed by atoms with Gasteiger partial charge in [-0.05, 0) is 44.3 Å². The van der Waals surface area contributed by atoms with Crippen LogP contribution in [0.3, 0.4) is 0 Å². The monoisotopic (exact) mass is 240 g/mol. The van der Waals surface area contributed by atoms with Crippen LogP contribution in [0.5, 0.6) is 0 Å². The highest BCUT2D eigenvalue weighted by molar-refractivity contribution is 4.79. The molecule has 0 aromatic heterocycles. The molecule has 2 heteroatoms. The van der Waals surface area contributed by atoms with Crippen molar-refractivity contribution in [3.05, 3.63) is 0 Å². The van der Waals surface area contributed by atoms with Gasteiger partial charge in [-0.2, -0.15) is 0 Å². The zero-order valence-corrected chi connectivity index (χ0v) is 12.3. The molecule has 0 spiro atoms. The highest BCUT2D eigenvalue weighted by Crippen LogP contribution is 2.21.